The van der Waals surface area contributed by atoms with E-state index in [1.807, 2.05) is 30.3 Å². The summed E-state index contributed by atoms with van der Waals surface area (Å²) in [5, 5.41) is 3.21. The van der Waals surface area contributed by atoms with E-state index in [9.17, 15) is 4.79 Å². The maximum atomic E-state index is 11.8. The molecule has 1 N–H and O–H groups in total. The molecule has 3 aromatic rings. The maximum Gasteiger partial charge on any atom is 0.341 e. The molecular weight excluding hydrogens is 306 g/mol. The summed E-state index contributed by atoms with van der Waals surface area (Å²) in [6.45, 7) is 0.501. The third-order valence-electron chi connectivity index (χ3n) is 3.59. The van der Waals surface area contributed by atoms with Crippen LogP contribution in [0.25, 0.3) is 11.0 Å². The molecule has 24 heavy (non-hydrogen) atoms. The summed E-state index contributed by atoms with van der Waals surface area (Å²) in [6.07, 6.45) is 1.69. The molecule has 0 bridgehead atoms. The van der Waals surface area contributed by atoms with E-state index in [-0.39, 0.29) is 0 Å². The van der Waals surface area contributed by atoms with Gasteiger partial charge < -0.3 is 14.8 Å². The van der Waals surface area contributed by atoms with Crippen LogP contribution in [0.5, 0.6) is 5.75 Å². The van der Waals surface area contributed by atoms with Gasteiger partial charge in [-0.1, -0.05) is 18.2 Å². The molecule has 0 atom stereocenters. The van der Waals surface area contributed by atoms with Gasteiger partial charge in [-0.2, -0.15) is 0 Å². The Bertz CT molecular complexity index is 880. The Balaban J connectivity index is 1.79. The van der Waals surface area contributed by atoms with Gasteiger partial charge >= 0.3 is 5.97 Å². The van der Waals surface area contributed by atoms with Gasteiger partial charge in [-0.3, -0.25) is 4.98 Å². The van der Waals surface area contributed by atoms with E-state index in [1.165, 1.54) is 14.2 Å². The first kappa shape index (κ1) is 15.7. The van der Waals surface area contributed by atoms with Crippen LogP contribution in [0.1, 0.15) is 15.9 Å². The molecule has 0 spiro atoms. The van der Waals surface area contributed by atoms with Crippen molar-refractivity contribution in [3.63, 3.8) is 0 Å². The van der Waals surface area contributed by atoms with Gasteiger partial charge in [0.15, 0.2) is 0 Å². The summed E-state index contributed by atoms with van der Waals surface area (Å²) >= 11 is 0. The highest BCUT2D eigenvalue weighted by atomic mass is 16.5. The second-order valence-corrected chi connectivity index (χ2v) is 5.12. The van der Waals surface area contributed by atoms with Gasteiger partial charge in [-0.25, -0.2) is 9.78 Å². The minimum atomic E-state index is -0.431. The fourth-order valence-electron chi connectivity index (χ4n) is 2.37. The molecule has 0 aliphatic rings. The molecule has 122 valence electrons. The lowest BCUT2D eigenvalue weighted by Crippen LogP contribution is -2.07. The first-order valence-corrected chi connectivity index (χ1v) is 7.42. The highest BCUT2D eigenvalue weighted by Gasteiger charge is 2.13. The quantitative estimate of drug-likeness (QED) is 0.728. The largest absolute Gasteiger partial charge is 0.496 e. The SMILES string of the molecule is COC(=O)c1cc(CNc2cnc3ccccc3n2)ccc1OC. The lowest BCUT2D eigenvalue weighted by Gasteiger charge is -2.10. The van der Waals surface area contributed by atoms with E-state index in [1.54, 1.807) is 18.3 Å². The van der Waals surface area contributed by atoms with Crippen LogP contribution in [0.4, 0.5) is 5.82 Å². The average Bonchev–Trinajstić information content (AvgIpc) is 2.65. The minimum absolute atomic E-state index is 0.392. The molecule has 2 aromatic carbocycles. The van der Waals surface area contributed by atoms with Crippen molar-refractivity contribution < 1.29 is 14.3 Å². The van der Waals surface area contributed by atoms with E-state index < -0.39 is 5.97 Å². The Kier molecular flexibility index (Phi) is 4.56. The Morgan fingerprint density at radius 3 is 2.67 bits per heavy atom. The van der Waals surface area contributed by atoms with Crippen molar-refractivity contribution in [1.82, 2.24) is 9.97 Å². The number of aromatic nitrogens is 2. The summed E-state index contributed by atoms with van der Waals surface area (Å²) in [5.74, 6) is 0.722. The number of esters is 1. The van der Waals surface area contributed by atoms with Crippen molar-refractivity contribution >= 4 is 22.8 Å². The number of carbonyl (C=O) groups excluding carboxylic acids is 1. The molecule has 3 rings (SSSR count). The molecular formula is C18H17N3O3. The third kappa shape index (κ3) is 3.27. The molecule has 1 aromatic heterocycles. The number of methoxy groups -OCH3 is 2. The van der Waals surface area contributed by atoms with E-state index in [2.05, 4.69) is 15.3 Å². The third-order valence-corrected chi connectivity index (χ3v) is 3.59. The molecule has 1 heterocycles. The predicted octanol–water partition coefficient (Wildman–Crippen LogP) is 3.04. The number of nitrogens with zero attached hydrogens (tertiary/aromatic N) is 2. The zero-order chi connectivity index (χ0) is 16.9. The van der Waals surface area contributed by atoms with Crippen LogP contribution >= 0.6 is 0 Å². The fraction of sp³-hybridized carbons (Fsp3) is 0.167. The smallest absolute Gasteiger partial charge is 0.341 e. The topological polar surface area (TPSA) is 73.3 Å². The van der Waals surface area contributed by atoms with Gasteiger partial charge in [0.25, 0.3) is 0 Å². The van der Waals surface area contributed by atoms with Gasteiger partial charge in [0.2, 0.25) is 0 Å². The number of hydrogen-bond donors (Lipinski definition) is 1. The second-order valence-electron chi connectivity index (χ2n) is 5.12. The molecule has 0 unspecified atom stereocenters. The number of fused-ring (bicyclic) bond motifs is 1. The van der Waals surface area contributed by atoms with Gasteiger partial charge in [0.05, 0.1) is 31.4 Å². The number of benzene rings is 2. The lowest BCUT2D eigenvalue weighted by molar-refractivity contribution is 0.0597. The normalized spacial score (nSPS) is 10.4. The minimum Gasteiger partial charge on any atom is -0.496 e. The number of anilines is 1. The summed E-state index contributed by atoms with van der Waals surface area (Å²) in [5.41, 5.74) is 2.98. The van der Waals surface area contributed by atoms with Crippen molar-refractivity contribution in [1.29, 1.82) is 0 Å². The zero-order valence-corrected chi connectivity index (χ0v) is 13.4. The fourth-order valence-corrected chi connectivity index (χ4v) is 2.37. The molecule has 0 aliphatic heterocycles. The molecule has 6 heteroatoms. The van der Waals surface area contributed by atoms with Crippen LogP contribution in [0.2, 0.25) is 0 Å². The summed E-state index contributed by atoms with van der Waals surface area (Å²) in [7, 11) is 2.86. The summed E-state index contributed by atoms with van der Waals surface area (Å²) in [6, 6.07) is 13.0. The Morgan fingerprint density at radius 2 is 1.92 bits per heavy atom. The number of carbonyl (C=O) groups is 1. The standard InChI is InChI=1S/C18H17N3O3/c1-23-16-8-7-12(9-13(16)18(22)24-2)10-20-17-11-19-14-5-3-4-6-15(14)21-17/h3-9,11H,10H2,1-2H3,(H,20,21). The molecule has 0 fully saturated rings. The van der Waals surface area contributed by atoms with E-state index in [0.717, 1.165) is 16.6 Å². The van der Waals surface area contributed by atoms with E-state index in [0.29, 0.717) is 23.7 Å². The maximum absolute atomic E-state index is 11.8. The van der Waals surface area contributed by atoms with Crippen molar-refractivity contribution in [3.05, 3.63) is 59.8 Å². The molecule has 0 saturated carbocycles. The van der Waals surface area contributed by atoms with Crippen LogP contribution < -0.4 is 10.1 Å². The van der Waals surface area contributed by atoms with Crippen LogP contribution in [0, 0.1) is 0 Å². The predicted molar refractivity (Wildman–Crippen MR) is 91.2 cm³/mol. The van der Waals surface area contributed by atoms with E-state index in [4.69, 9.17) is 9.47 Å². The van der Waals surface area contributed by atoms with Crippen LogP contribution in [-0.2, 0) is 11.3 Å². The average molecular weight is 323 g/mol. The first-order chi connectivity index (χ1) is 11.7. The number of rotatable bonds is 5. The van der Waals surface area contributed by atoms with Gasteiger partial charge in [0, 0.05) is 6.54 Å². The highest BCUT2D eigenvalue weighted by molar-refractivity contribution is 5.92. The lowest BCUT2D eigenvalue weighted by atomic mass is 10.1. The molecule has 0 amide bonds. The molecule has 0 saturated heterocycles. The second kappa shape index (κ2) is 6.95. The van der Waals surface area contributed by atoms with Gasteiger partial charge in [-0.15, -0.1) is 0 Å². The van der Waals surface area contributed by atoms with Crippen molar-refractivity contribution in [2.24, 2.45) is 0 Å². The molecule has 0 aliphatic carbocycles. The van der Waals surface area contributed by atoms with Gasteiger partial charge in [0.1, 0.15) is 17.1 Å². The number of hydrogen-bond acceptors (Lipinski definition) is 6. The Labute approximate surface area is 139 Å². The number of ether oxygens (including phenoxy) is 2. The van der Waals surface area contributed by atoms with Crippen LogP contribution in [-0.4, -0.2) is 30.2 Å². The number of para-hydroxylation sites is 2. The number of nitrogens with one attached hydrogen (secondary N) is 1. The Morgan fingerprint density at radius 1 is 1.12 bits per heavy atom. The summed E-state index contributed by atoms with van der Waals surface area (Å²) < 4.78 is 9.97. The van der Waals surface area contributed by atoms with Gasteiger partial charge in [-0.05, 0) is 29.8 Å². The Hall–Kier alpha value is -3.15. The monoisotopic (exact) mass is 323 g/mol. The highest BCUT2D eigenvalue weighted by Crippen LogP contribution is 2.21. The van der Waals surface area contributed by atoms with Crippen LogP contribution in [0.3, 0.4) is 0 Å². The molecule has 0 radical (unpaired) electrons. The van der Waals surface area contributed by atoms with Crippen LogP contribution in [0.15, 0.2) is 48.7 Å². The summed E-state index contributed by atoms with van der Waals surface area (Å²) in [4.78, 5) is 20.7. The van der Waals surface area contributed by atoms with Crippen molar-refractivity contribution in [2.45, 2.75) is 6.54 Å². The van der Waals surface area contributed by atoms with Crippen molar-refractivity contribution in [2.75, 3.05) is 19.5 Å². The first-order valence-electron chi connectivity index (χ1n) is 7.42. The van der Waals surface area contributed by atoms with E-state index >= 15 is 0 Å². The van der Waals surface area contributed by atoms with Crippen molar-refractivity contribution in [3.8, 4) is 5.75 Å². The zero-order valence-electron chi connectivity index (χ0n) is 13.4. The molecule has 6 nitrogen and oxygen atoms in total.